The van der Waals surface area contributed by atoms with E-state index in [2.05, 4.69) is 5.43 Å². The van der Waals surface area contributed by atoms with Crippen molar-refractivity contribution in [2.24, 2.45) is 5.84 Å². The molecule has 0 spiro atoms. The Labute approximate surface area is 73.5 Å². The van der Waals surface area contributed by atoms with Crippen LogP contribution in [0.15, 0.2) is 18.2 Å². The zero-order valence-electron chi connectivity index (χ0n) is 6.56. The van der Waals surface area contributed by atoms with Gasteiger partial charge in [0.15, 0.2) is 0 Å². The molecule has 0 atom stereocenters. The molecule has 0 saturated carbocycles. The first kappa shape index (κ1) is 9.14. The number of hydrazine groups is 1. The van der Waals surface area contributed by atoms with E-state index in [0.29, 0.717) is 12.0 Å². The minimum absolute atomic E-state index is 0.169. The topological polar surface area (TPSA) is 98.3 Å². The molecule has 1 rings (SSSR count). The smallest absolute Gasteiger partial charge is 0.272 e. The quantitative estimate of drug-likeness (QED) is 0.309. The van der Waals surface area contributed by atoms with Crippen molar-refractivity contribution in [3.8, 4) is 0 Å². The third-order valence-corrected chi connectivity index (χ3v) is 1.45. The van der Waals surface area contributed by atoms with Crippen LogP contribution >= 0.6 is 0 Å². The summed E-state index contributed by atoms with van der Waals surface area (Å²) in [4.78, 5) is 20.1. The molecule has 0 radical (unpaired) electrons. The highest BCUT2D eigenvalue weighted by atomic mass is 16.6. The number of nitro groups is 1. The Bertz CT molecular complexity index is 351. The minimum Gasteiger partial charge on any atom is -0.324 e. The SMILES string of the molecule is NNc1cc(C=O)cc([N+](=O)[O-])c1. The molecule has 0 aliphatic carbocycles. The summed E-state index contributed by atoms with van der Waals surface area (Å²) in [5, 5.41) is 10.4. The first-order valence-electron chi connectivity index (χ1n) is 3.38. The summed E-state index contributed by atoms with van der Waals surface area (Å²) < 4.78 is 0. The Morgan fingerprint density at radius 2 is 2.15 bits per heavy atom. The van der Waals surface area contributed by atoms with Crippen LogP contribution in [0.5, 0.6) is 0 Å². The Morgan fingerprint density at radius 3 is 2.62 bits per heavy atom. The molecule has 0 unspecified atom stereocenters. The van der Waals surface area contributed by atoms with E-state index in [1.54, 1.807) is 0 Å². The zero-order chi connectivity index (χ0) is 9.84. The lowest BCUT2D eigenvalue weighted by atomic mass is 10.2. The number of non-ortho nitro benzene ring substituents is 1. The maximum atomic E-state index is 10.4. The van der Waals surface area contributed by atoms with Gasteiger partial charge in [-0.2, -0.15) is 0 Å². The van der Waals surface area contributed by atoms with Gasteiger partial charge in [-0.05, 0) is 6.07 Å². The van der Waals surface area contributed by atoms with Crippen molar-refractivity contribution >= 4 is 17.7 Å². The maximum absolute atomic E-state index is 10.4. The fourth-order valence-electron chi connectivity index (χ4n) is 0.891. The summed E-state index contributed by atoms with van der Waals surface area (Å²) >= 11 is 0. The van der Waals surface area contributed by atoms with Crippen molar-refractivity contribution in [1.82, 2.24) is 0 Å². The van der Waals surface area contributed by atoms with Crippen LogP contribution in [0.3, 0.4) is 0 Å². The normalized spacial score (nSPS) is 9.31. The van der Waals surface area contributed by atoms with Gasteiger partial charge in [-0.25, -0.2) is 0 Å². The Morgan fingerprint density at radius 1 is 1.46 bits per heavy atom. The number of carbonyl (C=O) groups is 1. The summed E-state index contributed by atoms with van der Waals surface area (Å²) in [6, 6.07) is 3.83. The first-order chi connectivity index (χ1) is 6.17. The van der Waals surface area contributed by atoms with Crippen molar-refractivity contribution in [2.45, 2.75) is 0 Å². The number of aldehydes is 1. The lowest BCUT2D eigenvalue weighted by molar-refractivity contribution is -0.384. The highest BCUT2D eigenvalue weighted by molar-refractivity contribution is 5.78. The molecule has 3 N–H and O–H groups in total. The summed E-state index contributed by atoms with van der Waals surface area (Å²) in [5.41, 5.74) is 2.60. The highest BCUT2D eigenvalue weighted by Crippen LogP contribution is 2.18. The number of hydrogen-bond acceptors (Lipinski definition) is 5. The number of rotatable bonds is 3. The first-order valence-corrected chi connectivity index (χ1v) is 3.38. The van der Waals surface area contributed by atoms with Crippen molar-refractivity contribution in [1.29, 1.82) is 0 Å². The lowest BCUT2D eigenvalue weighted by Gasteiger charge is -2.00. The predicted octanol–water partition coefficient (Wildman–Crippen LogP) is 0.693. The number of nitrogens with one attached hydrogen (secondary N) is 1. The molecule has 0 aromatic heterocycles. The molecule has 13 heavy (non-hydrogen) atoms. The molecule has 0 aliphatic heterocycles. The molecule has 0 saturated heterocycles. The molecular formula is C7H7N3O3. The Kier molecular flexibility index (Phi) is 2.56. The monoisotopic (exact) mass is 181 g/mol. The average molecular weight is 181 g/mol. The van der Waals surface area contributed by atoms with E-state index in [1.807, 2.05) is 0 Å². The molecule has 1 aromatic carbocycles. The average Bonchev–Trinajstić information content (AvgIpc) is 2.16. The van der Waals surface area contributed by atoms with Crippen LogP contribution in [0.25, 0.3) is 0 Å². The summed E-state index contributed by atoms with van der Waals surface area (Å²) in [6.45, 7) is 0. The van der Waals surface area contributed by atoms with Crippen molar-refractivity contribution in [3.63, 3.8) is 0 Å². The fraction of sp³-hybridized carbons (Fsp3) is 0. The number of nitrogens with two attached hydrogens (primary N) is 1. The van der Waals surface area contributed by atoms with Gasteiger partial charge >= 0.3 is 0 Å². The molecule has 68 valence electrons. The predicted molar refractivity (Wildman–Crippen MR) is 46.3 cm³/mol. The number of nitro benzene ring substituents is 1. The van der Waals surface area contributed by atoms with E-state index < -0.39 is 4.92 Å². The molecule has 0 bridgehead atoms. The van der Waals surface area contributed by atoms with E-state index in [0.717, 1.165) is 0 Å². The number of benzene rings is 1. The molecule has 6 heteroatoms. The summed E-state index contributed by atoms with van der Waals surface area (Å²) in [7, 11) is 0. The minimum atomic E-state index is -0.589. The number of nitrogen functional groups attached to an aromatic ring is 1. The zero-order valence-corrected chi connectivity index (χ0v) is 6.56. The van der Waals surface area contributed by atoms with E-state index in [1.165, 1.54) is 18.2 Å². The second-order valence-electron chi connectivity index (χ2n) is 2.33. The van der Waals surface area contributed by atoms with Gasteiger partial charge in [-0.15, -0.1) is 0 Å². The number of anilines is 1. The van der Waals surface area contributed by atoms with Crippen LogP contribution in [0.1, 0.15) is 10.4 Å². The van der Waals surface area contributed by atoms with Gasteiger partial charge in [0.25, 0.3) is 5.69 Å². The van der Waals surface area contributed by atoms with Crippen molar-refractivity contribution in [2.75, 3.05) is 5.43 Å². The van der Waals surface area contributed by atoms with E-state index in [4.69, 9.17) is 5.84 Å². The molecule has 0 fully saturated rings. The highest BCUT2D eigenvalue weighted by Gasteiger charge is 2.08. The van der Waals surface area contributed by atoms with E-state index >= 15 is 0 Å². The van der Waals surface area contributed by atoms with Crippen LogP contribution in [0.2, 0.25) is 0 Å². The standard InChI is InChI=1S/C7H7N3O3/c8-9-6-1-5(4-11)2-7(3-6)10(12)13/h1-4,9H,8H2. The van der Waals surface area contributed by atoms with Gasteiger partial charge in [0.05, 0.1) is 10.6 Å². The molecule has 0 amide bonds. The Balaban J connectivity index is 3.22. The van der Waals surface area contributed by atoms with Gasteiger partial charge in [0, 0.05) is 17.7 Å². The molecule has 1 aromatic rings. The molecule has 0 heterocycles. The summed E-state index contributed by atoms with van der Waals surface area (Å²) in [6.07, 6.45) is 0.522. The van der Waals surface area contributed by atoms with Gasteiger partial charge in [0.2, 0.25) is 0 Å². The van der Waals surface area contributed by atoms with E-state index in [9.17, 15) is 14.9 Å². The third kappa shape index (κ3) is 2.00. The number of nitrogens with zero attached hydrogens (tertiary/aromatic N) is 1. The van der Waals surface area contributed by atoms with Gasteiger partial charge in [-0.1, -0.05) is 0 Å². The third-order valence-electron chi connectivity index (χ3n) is 1.45. The Hall–Kier alpha value is -1.95. The van der Waals surface area contributed by atoms with Gasteiger partial charge < -0.3 is 5.43 Å². The van der Waals surface area contributed by atoms with Crippen LogP contribution in [-0.4, -0.2) is 11.2 Å². The number of hydrogen-bond donors (Lipinski definition) is 2. The van der Waals surface area contributed by atoms with Crippen molar-refractivity contribution < 1.29 is 9.72 Å². The van der Waals surface area contributed by atoms with Crippen LogP contribution < -0.4 is 11.3 Å². The second kappa shape index (κ2) is 3.63. The summed E-state index contributed by atoms with van der Waals surface area (Å²) in [5.74, 6) is 5.05. The van der Waals surface area contributed by atoms with Crippen LogP contribution in [0.4, 0.5) is 11.4 Å². The maximum Gasteiger partial charge on any atom is 0.272 e. The van der Waals surface area contributed by atoms with Crippen LogP contribution in [-0.2, 0) is 0 Å². The van der Waals surface area contributed by atoms with Gasteiger partial charge in [0.1, 0.15) is 6.29 Å². The van der Waals surface area contributed by atoms with E-state index in [-0.39, 0.29) is 11.3 Å². The molecular weight excluding hydrogens is 174 g/mol. The van der Waals surface area contributed by atoms with Gasteiger partial charge in [-0.3, -0.25) is 20.8 Å². The largest absolute Gasteiger partial charge is 0.324 e. The second-order valence-corrected chi connectivity index (χ2v) is 2.33. The van der Waals surface area contributed by atoms with Crippen LogP contribution in [0, 0.1) is 10.1 Å². The molecule has 6 nitrogen and oxygen atoms in total. The molecule has 0 aliphatic rings. The van der Waals surface area contributed by atoms with Crippen molar-refractivity contribution in [3.05, 3.63) is 33.9 Å². The number of carbonyl (C=O) groups excluding carboxylic acids is 1. The lowest BCUT2D eigenvalue weighted by Crippen LogP contribution is -2.07. The fourth-order valence-corrected chi connectivity index (χ4v) is 0.891.